The fourth-order valence-corrected chi connectivity index (χ4v) is 4.16. The molecule has 0 saturated carbocycles. The van der Waals surface area contributed by atoms with Gasteiger partial charge in [-0.3, -0.25) is 14.5 Å². The minimum atomic E-state index is -0.266. The van der Waals surface area contributed by atoms with Crippen LogP contribution in [0.3, 0.4) is 0 Å². The quantitative estimate of drug-likeness (QED) is 0.487. The highest BCUT2D eigenvalue weighted by Crippen LogP contribution is 2.30. The Labute approximate surface area is 174 Å². The molecule has 1 fully saturated rings. The van der Waals surface area contributed by atoms with Gasteiger partial charge in [-0.25, -0.2) is 9.37 Å². The number of benzene rings is 1. The first-order chi connectivity index (χ1) is 14.7. The number of hydrogen-bond donors (Lipinski definition) is 0. The van der Waals surface area contributed by atoms with Crippen LogP contribution >= 0.6 is 0 Å². The van der Waals surface area contributed by atoms with Gasteiger partial charge in [0.15, 0.2) is 0 Å². The number of hydrogen-bond acceptors (Lipinski definition) is 4. The molecule has 0 atom stereocenters. The Kier molecular flexibility index (Phi) is 5.01. The van der Waals surface area contributed by atoms with E-state index in [1.54, 1.807) is 24.5 Å². The second kappa shape index (κ2) is 7.95. The van der Waals surface area contributed by atoms with E-state index in [1.165, 1.54) is 12.1 Å². The van der Waals surface area contributed by atoms with Gasteiger partial charge in [-0.15, -0.1) is 0 Å². The fraction of sp³-hybridized carbons (Fsp3) is 0.292. The average molecular weight is 402 g/mol. The summed E-state index contributed by atoms with van der Waals surface area (Å²) in [6.07, 6.45) is 8.60. The Hall–Kier alpha value is -3.12. The van der Waals surface area contributed by atoms with Crippen molar-refractivity contribution in [2.75, 3.05) is 13.2 Å². The number of nitrogens with zero attached hydrogens (tertiary/aromatic N) is 4. The maximum absolute atomic E-state index is 13.5. The van der Waals surface area contributed by atoms with Gasteiger partial charge in [-0.1, -0.05) is 0 Å². The van der Waals surface area contributed by atoms with Gasteiger partial charge < -0.3 is 4.74 Å². The van der Waals surface area contributed by atoms with Crippen molar-refractivity contribution in [2.24, 2.45) is 5.92 Å². The summed E-state index contributed by atoms with van der Waals surface area (Å²) in [6, 6.07) is 10.5. The third-order valence-electron chi connectivity index (χ3n) is 5.79. The number of fused-ring (bicyclic) bond motifs is 1. The first kappa shape index (κ1) is 18.9. The number of pyridine rings is 2. The Morgan fingerprint density at radius 3 is 2.67 bits per heavy atom. The molecule has 6 heteroatoms. The molecule has 5 nitrogen and oxygen atoms in total. The summed E-state index contributed by atoms with van der Waals surface area (Å²) in [5, 5.41) is 0. The number of imidazole rings is 1. The monoisotopic (exact) mass is 402 g/mol. The van der Waals surface area contributed by atoms with Crippen LogP contribution in [0.15, 0.2) is 55.0 Å². The molecular weight excluding hydrogens is 379 g/mol. The third kappa shape index (κ3) is 3.59. The summed E-state index contributed by atoms with van der Waals surface area (Å²) in [4.78, 5) is 13.9. The van der Waals surface area contributed by atoms with Crippen molar-refractivity contribution in [3.05, 3.63) is 72.1 Å². The van der Waals surface area contributed by atoms with E-state index in [0.717, 1.165) is 71.8 Å². The van der Waals surface area contributed by atoms with E-state index in [4.69, 9.17) is 14.7 Å². The maximum atomic E-state index is 13.5. The van der Waals surface area contributed by atoms with Crippen LogP contribution in [0.2, 0.25) is 0 Å². The summed E-state index contributed by atoms with van der Waals surface area (Å²) < 4.78 is 21.0. The zero-order chi connectivity index (χ0) is 20.5. The second-order valence-corrected chi connectivity index (χ2v) is 7.86. The zero-order valence-electron chi connectivity index (χ0n) is 16.9. The van der Waals surface area contributed by atoms with E-state index in [9.17, 15) is 4.39 Å². The van der Waals surface area contributed by atoms with Crippen molar-refractivity contribution in [3.8, 4) is 17.1 Å². The van der Waals surface area contributed by atoms with Crippen molar-refractivity contribution in [1.82, 2.24) is 19.5 Å². The molecule has 1 aliphatic rings. The summed E-state index contributed by atoms with van der Waals surface area (Å²) in [6.45, 7) is 3.78. The SMILES string of the molecule is Cc1cc(CC2CCOCC2)ncc1-c1nc2ccncc2n1-c1ccc(F)cc1. The summed E-state index contributed by atoms with van der Waals surface area (Å²) >= 11 is 0. The van der Waals surface area contributed by atoms with Gasteiger partial charge in [0.25, 0.3) is 0 Å². The Morgan fingerprint density at radius 1 is 1.10 bits per heavy atom. The number of aryl methyl sites for hydroxylation is 1. The van der Waals surface area contributed by atoms with Crippen LogP contribution in [0.1, 0.15) is 24.1 Å². The zero-order valence-corrected chi connectivity index (χ0v) is 16.9. The summed E-state index contributed by atoms with van der Waals surface area (Å²) in [5.41, 5.74) is 5.76. The molecule has 3 aromatic heterocycles. The highest BCUT2D eigenvalue weighted by molar-refractivity contribution is 5.82. The molecule has 0 N–H and O–H groups in total. The molecule has 0 unspecified atom stereocenters. The molecule has 4 heterocycles. The highest BCUT2D eigenvalue weighted by atomic mass is 19.1. The van der Waals surface area contributed by atoms with E-state index in [-0.39, 0.29) is 5.82 Å². The fourth-order valence-electron chi connectivity index (χ4n) is 4.16. The van der Waals surface area contributed by atoms with Gasteiger partial charge in [0, 0.05) is 42.6 Å². The molecular formula is C24H23FN4O. The lowest BCUT2D eigenvalue weighted by Crippen LogP contribution is -2.18. The van der Waals surface area contributed by atoms with Crippen molar-refractivity contribution in [2.45, 2.75) is 26.2 Å². The third-order valence-corrected chi connectivity index (χ3v) is 5.79. The van der Waals surface area contributed by atoms with Gasteiger partial charge in [0.2, 0.25) is 0 Å². The van der Waals surface area contributed by atoms with Crippen LogP contribution < -0.4 is 0 Å². The lowest BCUT2D eigenvalue weighted by atomic mass is 9.94. The van der Waals surface area contributed by atoms with E-state index < -0.39 is 0 Å². The van der Waals surface area contributed by atoms with Crippen LogP contribution in [-0.2, 0) is 11.2 Å². The number of aromatic nitrogens is 4. The van der Waals surface area contributed by atoms with Gasteiger partial charge in [-0.2, -0.15) is 0 Å². The largest absolute Gasteiger partial charge is 0.381 e. The lowest BCUT2D eigenvalue weighted by molar-refractivity contribution is 0.0663. The van der Waals surface area contributed by atoms with E-state index in [2.05, 4.69) is 18.0 Å². The number of rotatable bonds is 4. The predicted octanol–water partition coefficient (Wildman–Crippen LogP) is 4.90. The molecule has 5 rings (SSSR count). The van der Waals surface area contributed by atoms with Gasteiger partial charge in [0.05, 0.1) is 17.2 Å². The molecule has 152 valence electrons. The highest BCUT2D eigenvalue weighted by Gasteiger charge is 2.19. The van der Waals surface area contributed by atoms with E-state index in [1.807, 2.05) is 16.8 Å². The Balaban J connectivity index is 1.57. The van der Waals surface area contributed by atoms with Crippen LogP contribution in [0.5, 0.6) is 0 Å². The van der Waals surface area contributed by atoms with Gasteiger partial charge >= 0.3 is 0 Å². The maximum Gasteiger partial charge on any atom is 0.147 e. The smallest absolute Gasteiger partial charge is 0.147 e. The number of ether oxygens (including phenoxy) is 1. The van der Waals surface area contributed by atoms with Crippen molar-refractivity contribution >= 4 is 11.0 Å². The molecule has 0 amide bonds. The predicted molar refractivity (Wildman–Crippen MR) is 114 cm³/mol. The topological polar surface area (TPSA) is 52.8 Å². The number of halogens is 1. The summed E-state index contributed by atoms with van der Waals surface area (Å²) in [7, 11) is 0. The molecule has 30 heavy (non-hydrogen) atoms. The minimum Gasteiger partial charge on any atom is -0.381 e. The lowest BCUT2D eigenvalue weighted by Gasteiger charge is -2.21. The molecule has 1 aromatic carbocycles. The van der Waals surface area contributed by atoms with Crippen molar-refractivity contribution in [3.63, 3.8) is 0 Å². The second-order valence-electron chi connectivity index (χ2n) is 7.86. The molecule has 1 aliphatic heterocycles. The van der Waals surface area contributed by atoms with Gasteiger partial charge in [0.1, 0.15) is 11.6 Å². The van der Waals surface area contributed by atoms with Crippen molar-refractivity contribution < 1.29 is 9.13 Å². The molecule has 0 spiro atoms. The van der Waals surface area contributed by atoms with Crippen LogP contribution in [0.25, 0.3) is 28.1 Å². The normalized spacial score (nSPS) is 15.0. The molecule has 0 aliphatic carbocycles. The molecule has 0 radical (unpaired) electrons. The van der Waals surface area contributed by atoms with Crippen LogP contribution in [0, 0.1) is 18.7 Å². The van der Waals surface area contributed by atoms with E-state index in [0.29, 0.717) is 5.92 Å². The van der Waals surface area contributed by atoms with Crippen molar-refractivity contribution in [1.29, 1.82) is 0 Å². The molecule has 1 saturated heterocycles. The van der Waals surface area contributed by atoms with Gasteiger partial charge in [-0.05, 0) is 74.1 Å². The Bertz CT molecular complexity index is 1180. The van der Waals surface area contributed by atoms with Crippen LogP contribution in [0.4, 0.5) is 4.39 Å². The average Bonchev–Trinajstić information content (AvgIpc) is 3.14. The standard InChI is InChI=1S/C24H23FN4O/c1-16-12-19(13-17-7-10-30-11-8-17)27-14-21(16)24-28-22-6-9-26-15-23(22)29(24)20-4-2-18(25)3-5-20/h2-6,9,12,14-15,17H,7-8,10-11,13H2,1H3. The minimum absolute atomic E-state index is 0.266. The van der Waals surface area contributed by atoms with Crippen LogP contribution in [-0.4, -0.2) is 32.7 Å². The first-order valence-electron chi connectivity index (χ1n) is 10.3. The molecule has 4 aromatic rings. The first-order valence-corrected chi connectivity index (χ1v) is 10.3. The Morgan fingerprint density at radius 2 is 1.90 bits per heavy atom. The summed E-state index contributed by atoms with van der Waals surface area (Å²) in [5.74, 6) is 1.15. The van der Waals surface area contributed by atoms with E-state index >= 15 is 0 Å². The molecule has 0 bridgehead atoms.